The Morgan fingerprint density at radius 1 is 1.11 bits per heavy atom. The number of carbonyl (C=O) groups excluding carboxylic acids is 4. The van der Waals surface area contributed by atoms with E-state index in [-0.39, 0.29) is 31.2 Å². The Morgan fingerprint density at radius 3 is 2.45 bits per heavy atom. The first-order valence-corrected chi connectivity index (χ1v) is 20.0. The van der Waals surface area contributed by atoms with Gasteiger partial charge in [-0.05, 0) is 61.1 Å². The Balaban J connectivity index is 1.33. The van der Waals surface area contributed by atoms with E-state index in [0.29, 0.717) is 45.6 Å². The molecule has 2 aromatic carbocycles. The molecule has 3 aromatic rings. The number of hydrogen-bond acceptors (Lipinski definition) is 10. The average molecular weight is 795 g/mol. The van der Waals surface area contributed by atoms with Crippen LogP contribution in [-0.4, -0.2) is 104 Å². The molecular weight excluding hydrogens is 748 g/mol. The van der Waals surface area contributed by atoms with E-state index in [4.69, 9.17) is 21.1 Å². The summed E-state index contributed by atoms with van der Waals surface area (Å²) in [5.41, 5.74) is -1.31. The van der Waals surface area contributed by atoms with Crippen LogP contribution < -0.4 is 24.8 Å². The third-order valence-electron chi connectivity index (χ3n) is 10.3. The lowest BCUT2D eigenvalue weighted by Gasteiger charge is -2.36. The predicted octanol–water partition coefficient (Wildman–Crippen LogP) is 4.14. The fraction of sp³-hybridized carbons (Fsp3) is 0.462. The number of fused-ring (bicyclic) bond motifs is 1. The quantitative estimate of drug-likeness (QED) is 0.213. The number of halogens is 1. The molecule has 55 heavy (non-hydrogen) atoms. The number of methoxy groups -OCH3 is 1. The number of amides is 4. The summed E-state index contributed by atoms with van der Waals surface area (Å²) in [6, 6.07) is 10.00. The van der Waals surface area contributed by atoms with E-state index in [0.717, 1.165) is 0 Å². The fourth-order valence-electron chi connectivity index (χ4n) is 6.95. The summed E-state index contributed by atoms with van der Waals surface area (Å²) in [6.45, 7) is 9.40. The molecule has 0 unspecified atom stereocenters. The standard InChI is InChI=1S/C39H47ClN6O8S/c1-8-23-19-39(23,37(50)44-55(51,52)27-13-14-27)43-33(47)30-18-26(54-34-29-17-24(40)12-15-28(29)31(53-7)20-41-34)21-46(30)36(49)32(38(2,3)4)42-25-11-9-10-22(16-25)35(48)45(5)6/h8-12,15-17,20,23,26-27,30,32,42H,1,13-14,18-19,21H2,2-7H3,(H,43,47)(H,44,50)/t23-,26-,30+,32-,39-/m1/s1. The van der Waals surface area contributed by atoms with E-state index in [1.165, 1.54) is 29.2 Å². The maximum atomic E-state index is 14.8. The minimum atomic E-state index is -3.91. The van der Waals surface area contributed by atoms with Crippen LogP contribution in [0.25, 0.3) is 10.8 Å². The monoisotopic (exact) mass is 794 g/mol. The molecule has 294 valence electrons. The summed E-state index contributed by atoms with van der Waals surface area (Å²) >= 11 is 6.36. The molecule has 3 aliphatic rings. The Bertz CT molecular complexity index is 2150. The van der Waals surface area contributed by atoms with Gasteiger partial charge in [0, 0.05) is 53.5 Å². The molecule has 0 spiro atoms. The lowest BCUT2D eigenvalue weighted by Crippen LogP contribution is -2.58. The van der Waals surface area contributed by atoms with Gasteiger partial charge in [0.05, 0.1) is 25.1 Å². The Morgan fingerprint density at radius 2 is 1.84 bits per heavy atom. The number of rotatable bonds is 13. The first kappa shape index (κ1) is 39.8. The molecule has 2 saturated carbocycles. The maximum absolute atomic E-state index is 14.8. The van der Waals surface area contributed by atoms with Crippen LogP contribution in [0.1, 0.15) is 56.8 Å². The molecule has 1 saturated heterocycles. The van der Waals surface area contributed by atoms with Gasteiger partial charge >= 0.3 is 0 Å². The SMILES string of the molecule is C=C[C@@H]1C[C@]1(NC(=O)[C@@H]1C[C@@H](Oc2ncc(OC)c3ccc(Cl)cc23)CN1C(=O)[C@@H](Nc1cccc(C(=O)N(C)C)c1)C(C)(C)C)C(=O)NS(=O)(=O)C1CC1. The Hall–Kier alpha value is -4.89. The van der Waals surface area contributed by atoms with Crippen molar-refractivity contribution in [2.75, 3.05) is 33.1 Å². The minimum absolute atomic E-state index is 0.0217. The second-order valence-electron chi connectivity index (χ2n) is 15.7. The second kappa shape index (κ2) is 15.0. The third kappa shape index (κ3) is 8.23. The topological polar surface area (TPSA) is 176 Å². The molecule has 2 aliphatic carbocycles. The van der Waals surface area contributed by atoms with Crippen LogP contribution in [0.2, 0.25) is 5.02 Å². The molecule has 0 radical (unpaired) electrons. The number of sulfonamides is 1. The van der Waals surface area contributed by atoms with E-state index in [1.54, 1.807) is 56.6 Å². The number of hydrogen-bond donors (Lipinski definition) is 3. The van der Waals surface area contributed by atoms with E-state index in [2.05, 4.69) is 26.9 Å². The van der Waals surface area contributed by atoms with Gasteiger partial charge in [-0.3, -0.25) is 23.9 Å². The number of anilines is 1. The maximum Gasteiger partial charge on any atom is 0.259 e. The van der Waals surface area contributed by atoms with Gasteiger partial charge in [0.15, 0.2) is 0 Å². The van der Waals surface area contributed by atoms with Crippen molar-refractivity contribution in [3.63, 3.8) is 0 Å². The number of likely N-dealkylation sites (tertiary alicyclic amines) is 1. The highest BCUT2D eigenvalue weighted by Gasteiger charge is 2.62. The van der Waals surface area contributed by atoms with Crippen molar-refractivity contribution in [1.82, 2.24) is 24.8 Å². The molecule has 5 atom stereocenters. The largest absolute Gasteiger partial charge is 0.494 e. The van der Waals surface area contributed by atoms with Crippen molar-refractivity contribution in [2.45, 2.75) is 75.4 Å². The van der Waals surface area contributed by atoms with E-state index in [1.807, 2.05) is 20.8 Å². The van der Waals surface area contributed by atoms with E-state index < -0.39 is 68.1 Å². The van der Waals surface area contributed by atoms with Crippen LogP contribution in [0.15, 0.2) is 61.3 Å². The van der Waals surface area contributed by atoms with Crippen LogP contribution in [0.3, 0.4) is 0 Å². The normalized spacial score (nSPS) is 22.7. The minimum Gasteiger partial charge on any atom is -0.494 e. The first-order chi connectivity index (χ1) is 25.9. The number of pyridine rings is 1. The lowest BCUT2D eigenvalue weighted by molar-refractivity contribution is -0.141. The summed E-state index contributed by atoms with van der Waals surface area (Å²) in [5.74, 6) is -1.92. The van der Waals surface area contributed by atoms with Gasteiger partial charge in [-0.1, -0.05) is 44.5 Å². The highest BCUT2D eigenvalue weighted by Crippen LogP contribution is 2.46. The number of nitrogens with zero attached hydrogens (tertiary/aromatic N) is 3. The van der Waals surface area contributed by atoms with Crippen molar-refractivity contribution in [2.24, 2.45) is 11.3 Å². The van der Waals surface area contributed by atoms with Crippen LogP contribution in [0, 0.1) is 11.3 Å². The molecule has 14 nitrogen and oxygen atoms in total. The molecule has 4 amide bonds. The Labute approximate surface area is 326 Å². The molecule has 3 fully saturated rings. The van der Waals surface area contributed by atoms with Crippen LogP contribution >= 0.6 is 11.6 Å². The number of ether oxygens (including phenoxy) is 2. The van der Waals surface area contributed by atoms with Gasteiger partial charge in [-0.25, -0.2) is 13.4 Å². The second-order valence-corrected chi connectivity index (χ2v) is 18.1. The molecular formula is C39H47ClN6O8S. The summed E-state index contributed by atoms with van der Waals surface area (Å²) < 4.78 is 39.6. The van der Waals surface area contributed by atoms with E-state index in [9.17, 15) is 27.6 Å². The van der Waals surface area contributed by atoms with E-state index >= 15 is 0 Å². The smallest absolute Gasteiger partial charge is 0.259 e. The van der Waals surface area contributed by atoms with Crippen molar-refractivity contribution in [1.29, 1.82) is 0 Å². The zero-order chi connectivity index (χ0) is 40.0. The molecule has 2 heterocycles. The van der Waals surface area contributed by atoms with Gasteiger partial charge in [-0.2, -0.15) is 0 Å². The predicted molar refractivity (Wildman–Crippen MR) is 208 cm³/mol. The zero-order valence-corrected chi connectivity index (χ0v) is 33.3. The highest BCUT2D eigenvalue weighted by molar-refractivity contribution is 7.91. The first-order valence-electron chi connectivity index (χ1n) is 18.1. The molecule has 6 rings (SSSR count). The van der Waals surface area contributed by atoms with Crippen molar-refractivity contribution >= 4 is 61.7 Å². The number of benzene rings is 2. The van der Waals surface area contributed by atoms with Crippen molar-refractivity contribution < 1.29 is 37.1 Å². The lowest BCUT2D eigenvalue weighted by atomic mass is 9.85. The van der Waals surface area contributed by atoms with Gasteiger partial charge in [0.2, 0.25) is 27.7 Å². The molecule has 16 heteroatoms. The highest BCUT2D eigenvalue weighted by atomic mass is 35.5. The fourth-order valence-corrected chi connectivity index (χ4v) is 8.49. The molecule has 1 aliphatic heterocycles. The Kier molecular flexibility index (Phi) is 10.8. The summed E-state index contributed by atoms with van der Waals surface area (Å²) in [5, 5.41) is 7.20. The summed E-state index contributed by atoms with van der Waals surface area (Å²) in [7, 11) is 0.920. The summed E-state index contributed by atoms with van der Waals surface area (Å²) in [6.07, 6.45) is 3.36. The molecule has 3 N–H and O–H groups in total. The van der Waals surface area contributed by atoms with Gasteiger partial charge < -0.3 is 29.9 Å². The number of nitrogens with one attached hydrogen (secondary N) is 3. The number of carbonyl (C=O) groups is 4. The van der Waals surface area contributed by atoms with Gasteiger partial charge in [0.1, 0.15) is 29.5 Å². The molecule has 0 bridgehead atoms. The van der Waals surface area contributed by atoms with Crippen LogP contribution in [0.4, 0.5) is 5.69 Å². The van der Waals surface area contributed by atoms with Gasteiger partial charge in [-0.15, -0.1) is 6.58 Å². The van der Waals surface area contributed by atoms with Crippen molar-refractivity contribution in [3.05, 3.63) is 71.9 Å². The third-order valence-corrected chi connectivity index (χ3v) is 12.4. The van der Waals surface area contributed by atoms with Gasteiger partial charge in [0.25, 0.3) is 11.8 Å². The molecule has 1 aromatic heterocycles. The van der Waals surface area contributed by atoms with Crippen molar-refractivity contribution in [3.8, 4) is 11.6 Å². The zero-order valence-electron chi connectivity index (χ0n) is 31.7. The number of aromatic nitrogens is 1. The average Bonchev–Trinajstić information content (AvgIpc) is 4.06. The summed E-state index contributed by atoms with van der Waals surface area (Å²) in [4.78, 5) is 62.9. The van der Waals surface area contributed by atoms with Crippen LogP contribution in [-0.2, 0) is 24.4 Å². The van der Waals surface area contributed by atoms with Crippen LogP contribution in [0.5, 0.6) is 11.6 Å².